The Morgan fingerprint density at radius 2 is 0.677 bits per heavy atom. The van der Waals surface area contributed by atoms with Crippen LogP contribution in [-0.2, 0) is 11.3 Å². The molecule has 0 unspecified atom stereocenters. The van der Waals surface area contributed by atoms with Gasteiger partial charge in [-0.3, -0.25) is 0 Å². The maximum Gasteiger partial charge on any atom is 0.407 e. The number of halogens is 23. The number of ether oxygens (including phenoxy) is 1. The first-order chi connectivity index (χ1) is 30.2. The average Bonchev–Trinajstić information content (AvgIpc) is 3.26. The van der Waals surface area contributed by atoms with Crippen LogP contribution in [0.15, 0.2) is 54.7 Å². The van der Waals surface area contributed by atoms with Crippen molar-refractivity contribution < 1.29 is 102 Å². The summed E-state index contributed by atoms with van der Waals surface area (Å²) in [6.07, 6.45) is -5.45. The maximum absolute atomic E-state index is 15.4. The summed E-state index contributed by atoms with van der Waals surface area (Å²) in [5.41, 5.74) is -13.0. The van der Waals surface area contributed by atoms with Gasteiger partial charge in [-0.1, -0.05) is 30.3 Å². The van der Waals surface area contributed by atoms with Gasteiger partial charge in [-0.15, -0.1) is 21.9 Å². The fourth-order valence-corrected chi connectivity index (χ4v) is 6.82. The van der Waals surface area contributed by atoms with E-state index in [4.69, 9.17) is 39.5 Å². The molecule has 0 amide bonds. The van der Waals surface area contributed by atoms with Crippen LogP contribution in [0.2, 0.25) is 0 Å². The number of pyridine rings is 1. The van der Waals surface area contributed by atoms with E-state index in [0.717, 1.165) is 5.56 Å². The Bertz CT molecular complexity index is 2520. The van der Waals surface area contributed by atoms with Crippen LogP contribution in [0.4, 0.5) is 87.8 Å². The molecule has 65 heavy (non-hydrogen) atoms. The number of esters is 1. The lowest BCUT2D eigenvalue weighted by Crippen LogP contribution is -2.81. The van der Waals surface area contributed by atoms with E-state index < -0.39 is 154 Å². The topological polar surface area (TPSA) is 30.2 Å². The number of alkyl halides is 3. The van der Waals surface area contributed by atoms with E-state index in [1.54, 1.807) is 22.9 Å². The average molecular weight is 1010 g/mol. The number of carbonyl (C=O) groups is 1. The second kappa shape index (κ2) is 18.6. The highest BCUT2D eigenvalue weighted by Crippen LogP contribution is 2.31. The highest BCUT2D eigenvalue weighted by atomic mass is 35.6. The van der Waals surface area contributed by atoms with E-state index in [1.165, 1.54) is 0 Å². The van der Waals surface area contributed by atoms with Gasteiger partial charge in [0.15, 0.2) is 82.5 Å². The van der Waals surface area contributed by atoms with Crippen LogP contribution in [0.25, 0.3) is 0 Å². The van der Waals surface area contributed by atoms with Gasteiger partial charge in [-0.2, -0.15) is 4.57 Å². The van der Waals surface area contributed by atoms with Crippen LogP contribution in [0, 0.1) is 116 Å². The summed E-state index contributed by atoms with van der Waals surface area (Å²) in [4.78, 5) is 12.0. The third kappa shape index (κ3) is 8.62. The Balaban J connectivity index is 0.000000330. The van der Waals surface area contributed by atoms with Gasteiger partial charge in [0.05, 0.1) is 0 Å². The minimum atomic E-state index is -7.22. The molecule has 0 aliphatic carbocycles. The minimum absolute atomic E-state index is 0.308. The molecule has 0 fully saturated rings. The van der Waals surface area contributed by atoms with Crippen LogP contribution in [-0.4, -0.2) is 16.1 Å². The smallest absolute Gasteiger partial charge is 0.406 e. The molecule has 0 aliphatic rings. The van der Waals surface area contributed by atoms with Crippen molar-refractivity contribution >= 4 is 68.8 Å². The van der Waals surface area contributed by atoms with Crippen LogP contribution in [0.1, 0.15) is 16.1 Å². The molecule has 344 valence electrons. The summed E-state index contributed by atoms with van der Waals surface area (Å²) < 4.78 is 298. The van der Waals surface area contributed by atoms with Crippen molar-refractivity contribution in [2.45, 2.75) is 10.5 Å². The van der Waals surface area contributed by atoms with Gasteiger partial charge < -0.3 is 4.74 Å². The molecule has 6 aromatic rings. The fourth-order valence-electron chi connectivity index (χ4n) is 6.61. The molecule has 0 bridgehead atoms. The SMILES string of the molecule is Fc1c(F)c(F)c([B-](c2c(F)c(F)c(F)c(F)c2F)(c2c(F)c(F)c(F)c(F)c2F)c2c(F)c(F)c(F)c(F)c2F)c(F)c1F.O=C(OC(Cl)(Cl)Cl)c1cccc[n+]1Cc1ccccc1. The third-order valence-electron chi connectivity index (χ3n) is 9.26. The molecule has 0 aliphatic heterocycles. The summed E-state index contributed by atoms with van der Waals surface area (Å²) in [5, 5.41) is 0. The molecule has 0 N–H and O–H groups in total. The summed E-state index contributed by atoms with van der Waals surface area (Å²) in [6.45, 7) is 0.520. The summed E-state index contributed by atoms with van der Waals surface area (Å²) in [5.74, 6) is -72.1. The van der Waals surface area contributed by atoms with Crippen molar-refractivity contribution in [2.24, 2.45) is 0 Å². The highest BCUT2D eigenvalue weighted by Gasteiger charge is 2.52. The Morgan fingerprint density at radius 3 is 0.954 bits per heavy atom. The number of rotatable bonds is 7. The van der Waals surface area contributed by atoms with Gasteiger partial charge in [0.2, 0.25) is 0 Å². The quantitative estimate of drug-likeness (QED) is 0.0304. The molecule has 0 radical (unpaired) electrons. The Kier molecular flexibility index (Phi) is 14.4. The van der Waals surface area contributed by atoms with Crippen LogP contribution >= 0.6 is 34.8 Å². The Hall–Kier alpha value is -5.75. The first-order valence-electron chi connectivity index (χ1n) is 16.7. The third-order valence-corrected chi connectivity index (χ3v) is 9.49. The molecule has 0 atom stereocenters. The molecule has 5 aromatic carbocycles. The van der Waals surface area contributed by atoms with E-state index in [-0.39, 0.29) is 0 Å². The van der Waals surface area contributed by atoms with E-state index in [2.05, 4.69) is 0 Å². The summed E-state index contributed by atoms with van der Waals surface area (Å²) in [7, 11) is 0. The van der Waals surface area contributed by atoms with Crippen molar-refractivity contribution in [1.82, 2.24) is 0 Å². The van der Waals surface area contributed by atoms with Gasteiger partial charge in [0.1, 0.15) is 52.7 Å². The standard InChI is InChI=1S/C24BF20.C14H11Cl3NO2/c26-5-1(6(27)14(35)21(42)13(5)34)25(2-7(28)15(36)22(43)16(37)8(2)29,3-9(30)17(38)23(44)18(39)10(3)31)4-11(32)19(40)24(45)20(41)12(4)33;15-14(16,17)20-13(19)12-8-4-5-9-18(12)10-11-6-2-1-3-7-11/h;1-9H,10H2/q-1;+1. The Labute approximate surface area is 362 Å². The van der Waals surface area contributed by atoms with Crippen LogP contribution in [0.3, 0.4) is 0 Å². The lowest BCUT2D eigenvalue weighted by molar-refractivity contribution is -0.690. The van der Waals surface area contributed by atoms with Crippen LogP contribution < -0.4 is 26.4 Å². The van der Waals surface area contributed by atoms with Gasteiger partial charge in [0, 0.05) is 17.7 Å². The molecule has 1 heterocycles. The van der Waals surface area contributed by atoms with Crippen molar-refractivity contribution in [1.29, 1.82) is 0 Å². The molecule has 1 aromatic heterocycles. The normalized spacial score (nSPS) is 11.7. The van der Waals surface area contributed by atoms with Gasteiger partial charge in [-0.25, -0.2) is 92.6 Å². The first-order valence-corrected chi connectivity index (χ1v) is 17.8. The predicted molar refractivity (Wildman–Crippen MR) is 187 cm³/mol. The molecule has 27 heteroatoms. The number of aromatic nitrogens is 1. The van der Waals surface area contributed by atoms with E-state index >= 15 is 35.1 Å². The number of carbonyl (C=O) groups excluding carboxylic acids is 1. The van der Waals surface area contributed by atoms with Gasteiger partial charge in [0.25, 0.3) is 5.69 Å². The van der Waals surface area contributed by atoms with Crippen molar-refractivity contribution in [2.75, 3.05) is 0 Å². The molecule has 0 saturated carbocycles. The molecule has 6 rings (SSSR count). The summed E-state index contributed by atoms with van der Waals surface area (Å²) >= 11 is 16.4. The van der Waals surface area contributed by atoms with Gasteiger partial charge in [-0.05, 0) is 40.9 Å². The Morgan fingerprint density at radius 1 is 0.415 bits per heavy atom. The number of nitrogens with zero attached hydrogens (tertiary/aromatic N) is 1. The lowest BCUT2D eigenvalue weighted by Gasteiger charge is -2.44. The van der Waals surface area contributed by atoms with Crippen LogP contribution in [0.5, 0.6) is 0 Å². The lowest BCUT2D eigenvalue weighted by atomic mass is 9.12. The molecular weight excluding hydrogens is 1000 g/mol. The highest BCUT2D eigenvalue weighted by molar-refractivity contribution is 7.20. The second-order valence-corrected chi connectivity index (χ2v) is 15.0. The number of hydrogen-bond donors (Lipinski definition) is 0. The van der Waals surface area contributed by atoms with Crippen molar-refractivity contribution in [3.63, 3.8) is 0 Å². The van der Waals surface area contributed by atoms with Crippen molar-refractivity contribution in [3.8, 4) is 0 Å². The number of hydrogen-bond acceptors (Lipinski definition) is 2. The summed E-state index contributed by atoms with van der Waals surface area (Å²) in [6, 6.07) is 14.9. The molecular formula is C38H11BCl3F20NO2. The first kappa shape index (κ1) is 50.3. The minimum Gasteiger partial charge on any atom is -0.406 e. The van der Waals surface area contributed by atoms with E-state index in [1.807, 2.05) is 36.4 Å². The van der Waals surface area contributed by atoms with Crippen molar-refractivity contribution in [3.05, 3.63) is 182 Å². The monoisotopic (exact) mass is 1010 g/mol. The second-order valence-electron chi connectivity index (χ2n) is 12.8. The largest absolute Gasteiger partial charge is 0.407 e. The number of benzene rings is 5. The predicted octanol–water partition coefficient (Wildman–Crippen LogP) is 9.35. The maximum atomic E-state index is 15.4. The van der Waals surface area contributed by atoms with Gasteiger partial charge >= 0.3 is 9.95 Å². The molecule has 3 nitrogen and oxygen atoms in total. The molecule has 0 saturated heterocycles. The molecule has 0 spiro atoms. The zero-order valence-electron chi connectivity index (χ0n) is 30.4. The fraction of sp³-hybridized carbons (Fsp3) is 0.0526. The van der Waals surface area contributed by atoms with E-state index in [9.17, 15) is 57.5 Å². The zero-order valence-corrected chi connectivity index (χ0v) is 32.7. The zero-order chi connectivity index (χ0) is 48.9. The van der Waals surface area contributed by atoms with E-state index in [0.29, 0.717) is 12.2 Å².